The summed E-state index contributed by atoms with van der Waals surface area (Å²) in [6, 6.07) is 34.5. The van der Waals surface area contributed by atoms with Crippen molar-refractivity contribution in [2.75, 3.05) is 0 Å². The van der Waals surface area contributed by atoms with E-state index in [1.807, 2.05) is 24.3 Å². The van der Waals surface area contributed by atoms with Crippen LogP contribution in [-0.2, 0) is 9.47 Å². The molecule has 4 aromatic heterocycles. The van der Waals surface area contributed by atoms with Gasteiger partial charge in [-0.1, -0.05) is 48.5 Å². The molecule has 1 aliphatic heterocycles. The molecule has 7 nitrogen and oxygen atoms in total. The zero-order valence-electron chi connectivity index (χ0n) is 24.7. The van der Waals surface area contributed by atoms with Crippen LogP contribution < -0.4 is 0 Å². The molecule has 0 saturated carbocycles. The Labute approximate surface area is 289 Å². The summed E-state index contributed by atoms with van der Waals surface area (Å²) in [4.78, 5) is 17.3. The van der Waals surface area contributed by atoms with E-state index in [1.54, 1.807) is 22.7 Å². The second-order valence-corrected chi connectivity index (χ2v) is 15.5. The van der Waals surface area contributed by atoms with Crippen molar-refractivity contribution in [3.63, 3.8) is 0 Å². The summed E-state index contributed by atoms with van der Waals surface area (Å²) >= 11 is 6.00. The lowest BCUT2D eigenvalue weighted by molar-refractivity contribution is 0.103. The van der Waals surface area contributed by atoms with Crippen LogP contribution in [-0.4, -0.2) is 35.9 Å². The summed E-state index contributed by atoms with van der Waals surface area (Å²) in [5, 5.41) is 0. The smallest absolute Gasteiger partial charge is 0.426 e. The van der Waals surface area contributed by atoms with Gasteiger partial charge in [-0.05, 0) is 81.9 Å². The summed E-state index contributed by atoms with van der Waals surface area (Å²) in [5.74, 6) is -0.207. The topological polar surface area (TPSA) is 87.1 Å². The third-order valence-electron chi connectivity index (χ3n) is 9.84. The number of thiophene rings is 2. The highest BCUT2D eigenvalue weighted by atomic mass is 32.1. The molecule has 4 aliphatic rings. The van der Waals surface area contributed by atoms with Gasteiger partial charge in [0.25, 0.3) is 0 Å². The van der Waals surface area contributed by atoms with E-state index in [1.165, 1.54) is 55.5 Å². The SMILES string of the molecule is O=C1OC2C3c4ccc(-c5ccc(-c6cccc7nsnc67)s5)cc4C(c4ccc(-c5ccc(-c6cccc7nsnc67)s5)cc43)C2O1. The van der Waals surface area contributed by atoms with Crippen molar-refractivity contribution in [1.82, 2.24) is 17.5 Å². The molecule has 3 aliphatic carbocycles. The predicted octanol–water partition coefficient (Wildman–Crippen LogP) is 9.98. The summed E-state index contributed by atoms with van der Waals surface area (Å²) < 4.78 is 29.7. The van der Waals surface area contributed by atoms with Gasteiger partial charge >= 0.3 is 6.16 Å². The largest absolute Gasteiger partial charge is 0.509 e. The third-order valence-corrected chi connectivity index (χ3v) is 13.3. The molecule has 0 amide bonds. The van der Waals surface area contributed by atoms with E-state index in [9.17, 15) is 4.79 Å². The number of aromatic nitrogens is 4. The lowest BCUT2D eigenvalue weighted by atomic mass is 9.60. The number of carbonyl (C=O) groups is 1. The third kappa shape index (κ3) is 3.87. The van der Waals surface area contributed by atoms with Gasteiger partial charge in [0.2, 0.25) is 0 Å². The summed E-state index contributed by atoms with van der Waals surface area (Å²) in [5.41, 5.74) is 13.1. The molecule has 4 atom stereocenters. The maximum atomic E-state index is 12.6. The van der Waals surface area contributed by atoms with E-state index >= 15 is 0 Å². The molecule has 2 bridgehead atoms. The second-order valence-electron chi connectivity index (χ2n) is 12.3. The minimum atomic E-state index is -0.580. The van der Waals surface area contributed by atoms with Crippen LogP contribution in [0.4, 0.5) is 4.79 Å². The molecule has 12 rings (SSSR count). The maximum Gasteiger partial charge on any atom is 0.509 e. The van der Waals surface area contributed by atoms with Gasteiger partial charge < -0.3 is 9.47 Å². The summed E-state index contributed by atoms with van der Waals surface area (Å²) in [6.07, 6.45) is -1.28. The Morgan fingerprint density at radius 2 is 0.979 bits per heavy atom. The molecule has 0 N–H and O–H groups in total. The minimum Gasteiger partial charge on any atom is -0.426 e. The number of rotatable bonds is 4. The fraction of sp³-hybridized carbons (Fsp3) is 0.108. The van der Waals surface area contributed by atoms with Crippen LogP contribution in [0.15, 0.2) is 97.1 Å². The fourth-order valence-corrected chi connectivity index (χ4v) is 10.9. The van der Waals surface area contributed by atoms with Gasteiger partial charge in [-0.15, -0.1) is 22.7 Å². The first-order valence-corrected chi connectivity index (χ1v) is 18.6. The van der Waals surface area contributed by atoms with Crippen LogP contribution >= 0.6 is 46.1 Å². The van der Waals surface area contributed by atoms with Crippen LogP contribution in [0, 0.1) is 0 Å². The molecule has 1 fully saturated rings. The number of fused-ring (bicyclic) bond motifs is 2. The van der Waals surface area contributed by atoms with Gasteiger partial charge in [-0.25, -0.2) is 4.79 Å². The van der Waals surface area contributed by atoms with Gasteiger partial charge in [0.1, 0.15) is 22.1 Å². The fourth-order valence-electron chi connectivity index (χ4n) is 7.79. The van der Waals surface area contributed by atoms with Crippen molar-refractivity contribution in [3.05, 3.63) is 119 Å². The lowest BCUT2D eigenvalue weighted by Gasteiger charge is -2.45. The summed E-state index contributed by atoms with van der Waals surface area (Å²) in [7, 11) is 0. The molecule has 11 heteroatoms. The number of hydrogen-bond acceptors (Lipinski definition) is 11. The maximum absolute atomic E-state index is 12.6. The average molecular weight is 697 g/mol. The van der Waals surface area contributed by atoms with E-state index in [0.717, 1.165) is 54.1 Å². The zero-order chi connectivity index (χ0) is 31.5. The number of ether oxygens (including phenoxy) is 2. The van der Waals surface area contributed by atoms with E-state index in [4.69, 9.17) is 9.47 Å². The first kappa shape index (κ1) is 27.2. The number of hydrogen-bond donors (Lipinski definition) is 0. The Morgan fingerprint density at radius 1 is 0.500 bits per heavy atom. The Balaban J connectivity index is 0.984. The quantitative estimate of drug-likeness (QED) is 0.169. The molecule has 230 valence electrons. The van der Waals surface area contributed by atoms with Gasteiger partial charge in [-0.2, -0.15) is 17.5 Å². The van der Waals surface area contributed by atoms with Crippen molar-refractivity contribution in [2.45, 2.75) is 24.0 Å². The molecule has 5 heterocycles. The average Bonchev–Trinajstić information content (AvgIpc) is 3.96. The van der Waals surface area contributed by atoms with E-state index < -0.39 is 6.16 Å². The van der Waals surface area contributed by atoms with Gasteiger partial charge in [0.05, 0.1) is 35.3 Å². The monoisotopic (exact) mass is 696 g/mol. The highest BCUT2D eigenvalue weighted by Gasteiger charge is 2.57. The number of nitrogens with zero attached hydrogens (tertiary/aromatic N) is 4. The van der Waals surface area contributed by atoms with Crippen molar-refractivity contribution in [3.8, 4) is 41.8 Å². The molecule has 4 aromatic carbocycles. The van der Waals surface area contributed by atoms with Crippen LogP contribution in [0.2, 0.25) is 0 Å². The van der Waals surface area contributed by atoms with Crippen LogP contribution in [0.1, 0.15) is 34.1 Å². The summed E-state index contributed by atoms with van der Waals surface area (Å²) in [6.45, 7) is 0. The van der Waals surface area contributed by atoms with Crippen LogP contribution in [0.25, 0.3) is 63.8 Å². The van der Waals surface area contributed by atoms with Crippen LogP contribution in [0.3, 0.4) is 0 Å². The second kappa shape index (κ2) is 10.1. The van der Waals surface area contributed by atoms with E-state index in [-0.39, 0.29) is 24.0 Å². The van der Waals surface area contributed by atoms with E-state index in [2.05, 4.69) is 90.3 Å². The van der Waals surface area contributed by atoms with Crippen LogP contribution in [0.5, 0.6) is 0 Å². The Bertz CT molecular complexity index is 2440. The molecule has 0 radical (unpaired) electrons. The normalized spacial score (nSPS) is 20.5. The van der Waals surface area contributed by atoms with Crippen molar-refractivity contribution in [2.24, 2.45) is 0 Å². The van der Waals surface area contributed by atoms with E-state index in [0.29, 0.717) is 0 Å². The standard InChI is InChI=1S/C37H20N4O3S4/c42-37-43-35-31-20-10-8-18(28-12-14-30(46-28)22-4-2-6-26-34(22)41-48-39-26)16-24(20)32(36(35)44-37)19-9-7-17(15-23(19)31)27-11-13-29(45-27)21-3-1-5-25-33(21)40-47-38-25/h1-16,31-32,35-36H. The van der Waals surface area contributed by atoms with Crippen molar-refractivity contribution >= 4 is 74.4 Å². The molecular formula is C37H20N4O3S4. The van der Waals surface area contributed by atoms with Gasteiger partial charge in [-0.3, -0.25) is 0 Å². The number of benzene rings is 4. The highest BCUT2D eigenvalue weighted by molar-refractivity contribution is 7.19. The lowest BCUT2D eigenvalue weighted by Crippen LogP contribution is -2.45. The molecule has 48 heavy (non-hydrogen) atoms. The molecule has 1 saturated heterocycles. The highest BCUT2D eigenvalue weighted by Crippen LogP contribution is 2.58. The Kier molecular flexibility index (Phi) is 5.72. The molecule has 0 spiro atoms. The Hall–Kier alpha value is -4.81. The van der Waals surface area contributed by atoms with Gasteiger partial charge in [0, 0.05) is 30.6 Å². The Morgan fingerprint density at radius 3 is 1.48 bits per heavy atom. The molecular weight excluding hydrogens is 677 g/mol. The predicted molar refractivity (Wildman–Crippen MR) is 191 cm³/mol. The molecule has 4 unspecified atom stereocenters. The minimum absolute atomic E-state index is 0.103. The molecule has 8 aromatic rings. The van der Waals surface area contributed by atoms with Crippen molar-refractivity contribution in [1.29, 1.82) is 0 Å². The first-order chi connectivity index (χ1) is 23.7. The van der Waals surface area contributed by atoms with Crippen molar-refractivity contribution < 1.29 is 14.3 Å². The van der Waals surface area contributed by atoms with Gasteiger partial charge in [0.15, 0.2) is 12.2 Å². The number of carbonyl (C=O) groups excluding carboxylic acids is 1. The first-order valence-electron chi connectivity index (χ1n) is 15.5. The zero-order valence-corrected chi connectivity index (χ0v) is 28.0.